The minimum absolute atomic E-state index is 0. The van der Waals surface area contributed by atoms with Crippen molar-refractivity contribution < 1.29 is 8.42 Å². The molecule has 0 amide bonds. The maximum atomic E-state index is 12.6. The number of benzene rings is 1. The Hall–Kier alpha value is -0.270. The van der Waals surface area contributed by atoms with E-state index in [0.717, 1.165) is 11.3 Å². The quantitative estimate of drug-likeness (QED) is 0.859. The van der Waals surface area contributed by atoms with Crippen LogP contribution in [-0.2, 0) is 10.0 Å². The Morgan fingerprint density at radius 1 is 1.40 bits per heavy atom. The lowest BCUT2D eigenvalue weighted by Gasteiger charge is -2.34. The van der Waals surface area contributed by atoms with Gasteiger partial charge in [-0.1, -0.05) is 13.0 Å². The molecule has 0 spiro atoms. The van der Waals surface area contributed by atoms with E-state index >= 15 is 0 Å². The molecule has 0 aromatic heterocycles. The molecule has 0 bridgehead atoms. The highest BCUT2D eigenvalue weighted by atomic mass is 35.5. The SMILES string of the molecule is CSc1cccc(S(=O)(=O)N2CCC(N)C(C)C2)c1.Cl. The molecular weight excluding hydrogens is 316 g/mol. The molecule has 2 atom stereocenters. The van der Waals surface area contributed by atoms with E-state index in [-0.39, 0.29) is 24.4 Å². The Morgan fingerprint density at radius 3 is 2.70 bits per heavy atom. The zero-order valence-electron chi connectivity index (χ0n) is 11.7. The van der Waals surface area contributed by atoms with E-state index in [1.165, 1.54) is 0 Å². The number of piperidine rings is 1. The predicted molar refractivity (Wildman–Crippen MR) is 86.0 cm³/mol. The zero-order valence-corrected chi connectivity index (χ0v) is 14.1. The predicted octanol–water partition coefficient (Wildman–Crippen LogP) is 2.19. The Balaban J connectivity index is 0.00000200. The molecule has 1 aliphatic rings. The maximum absolute atomic E-state index is 12.6. The Morgan fingerprint density at radius 2 is 2.10 bits per heavy atom. The van der Waals surface area contributed by atoms with Crippen LogP contribution in [0.25, 0.3) is 0 Å². The summed E-state index contributed by atoms with van der Waals surface area (Å²) >= 11 is 1.54. The van der Waals surface area contributed by atoms with Crippen molar-refractivity contribution in [2.75, 3.05) is 19.3 Å². The summed E-state index contributed by atoms with van der Waals surface area (Å²) in [5.41, 5.74) is 5.94. The van der Waals surface area contributed by atoms with Gasteiger partial charge in [0.2, 0.25) is 10.0 Å². The van der Waals surface area contributed by atoms with Gasteiger partial charge in [0, 0.05) is 24.0 Å². The van der Waals surface area contributed by atoms with E-state index in [4.69, 9.17) is 5.73 Å². The molecule has 2 N–H and O–H groups in total. The Bertz CT molecular complexity index is 551. The number of nitrogens with two attached hydrogens (primary N) is 1. The number of nitrogens with zero attached hydrogens (tertiary/aromatic N) is 1. The summed E-state index contributed by atoms with van der Waals surface area (Å²) in [7, 11) is -3.39. The van der Waals surface area contributed by atoms with E-state index in [2.05, 4.69) is 0 Å². The van der Waals surface area contributed by atoms with Crippen LogP contribution in [-0.4, -0.2) is 38.1 Å². The lowest BCUT2D eigenvalue weighted by atomic mass is 9.96. The molecule has 2 unspecified atom stereocenters. The third-order valence-corrected chi connectivity index (χ3v) is 6.20. The van der Waals surface area contributed by atoms with Crippen molar-refractivity contribution in [3.63, 3.8) is 0 Å². The number of sulfonamides is 1. The molecule has 1 aromatic carbocycles. The van der Waals surface area contributed by atoms with E-state index < -0.39 is 10.0 Å². The number of thioether (sulfide) groups is 1. The fourth-order valence-corrected chi connectivity index (χ4v) is 4.39. The molecule has 20 heavy (non-hydrogen) atoms. The van der Waals surface area contributed by atoms with E-state index in [9.17, 15) is 8.42 Å². The number of rotatable bonds is 3. The monoisotopic (exact) mass is 336 g/mol. The van der Waals surface area contributed by atoms with Crippen LogP contribution >= 0.6 is 24.2 Å². The first-order valence-corrected chi connectivity index (χ1v) is 9.01. The van der Waals surface area contributed by atoms with Gasteiger partial charge in [0.25, 0.3) is 0 Å². The lowest BCUT2D eigenvalue weighted by molar-refractivity contribution is 0.250. The summed E-state index contributed by atoms with van der Waals surface area (Å²) in [5.74, 6) is 0.201. The van der Waals surface area contributed by atoms with Gasteiger partial charge < -0.3 is 5.73 Å². The van der Waals surface area contributed by atoms with Gasteiger partial charge in [-0.15, -0.1) is 24.2 Å². The molecule has 7 heteroatoms. The molecule has 2 rings (SSSR count). The molecule has 1 aromatic rings. The van der Waals surface area contributed by atoms with Crippen molar-refractivity contribution in [1.29, 1.82) is 0 Å². The van der Waals surface area contributed by atoms with E-state index in [1.54, 1.807) is 34.3 Å². The van der Waals surface area contributed by atoms with Crippen molar-refractivity contribution in [3.05, 3.63) is 24.3 Å². The number of hydrogen-bond donors (Lipinski definition) is 1. The largest absolute Gasteiger partial charge is 0.327 e. The topological polar surface area (TPSA) is 63.4 Å². The summed E-state index contributed by atoms with van der Waals surface area (Å²) in [6.45, 7) is 3.02. The van der Waals surface area contributed by atoms with Gasteiger partial charge in [0.05, 0.1) is 4.90 Å². The standard InChI is InChI=1S/C13H20N2O2S2.ClH/c1-10-9-15(7-6-13(10)14)19(16,17)12-5-3-4-11(8-12)18-2;/h3-5,8,10,13H,6-7,9,14H2,1-2H3;1H. The van der Waals surface area contributed by atoms with Gasteiger partial charge in [-0.05, 0) is 36.8 Å². The normalized spacial score (nSPS) is 24.1. The van der Waals surface area contributed by atoms with Crippen LogP contribution in [0.2, 0.25) is 0 Å². The molecule has 1 heterocycles. The molecule has 114 valence electrons. The van der Waals surface area contributed by atoms with Crippen molar-refractivity contribution in [2.45, 2.75) is 29.2 Å². The summed E-state index contributed by atoms with van der Waals surface area (Å²) in [6.07, 6.45) is 2.66. The second-order valence-corrected chi connectivity index (χ2v) is 7.79. The molecule has 1 fully saturated rings. The first-order chi connectivity index (χ1) is 8.95. The van der Waals surface area contributed by atoms with Crippen LogP contribution in [0.1, 0.15) is 13.3 Å². The summed E-state index contributed by atoms with van der Waals surface area (Å²) < 4.78 is 26.7. The van der Waals surface area contributed by atoms with Crippen LogP contribution in [0.4, 0.5) is 0 Å². The second kappa shape index (κ2) is 7.13. The summed E-state index contributed by atoms with van der Waals surface area (Å²) in [4.78, 5) is 1.34. The minimum atomic E-state index is -3.39. The molecule has 1 saturated heterocycles. The molecule has 0 aliphatic carbocycles. The summed E-state index contributed by atoms with van der Waals surface area (Å²) in [6, 6.07) is 7.20. The van der Waals surface area contributed by atoms with E-state index in [1.807, 2.05) is 19.2 Å². The molecule has 4 nitrogen and oxygen atoms in total. The van der Waals surface area contributed by atoms with Crippen molar-refractivity contribution in [1.82, 2.24) is 4.31 Å². The van der Waals surface area contributed by atoms with Crippen molar-refractivity contribution >= 4 is 34.2 Å². The first-order valence-electron chi connectivity index (χ1n) is 6.35. The van der Waals surface area contributed by atoms with Crippen LogP contribution in [0.15, 0.2) is 34.1 Å². The first kappa shape index (κ1) is 17.8. The average Bonchev–Trinajstić information content (AvgIpc) is 2.41. The smallest absolute Gasteiger partial charge is 0.243 e. The van der Waals surface area contributed by atoms with Gasteiger partial charge in [-0.25, -0.2) is 8.42 Å². The lowest BCUT2D eigenvalue weighted by Crippen LogP contribution is -2.48. The van der Waals surface area contributed by atoms with E-state index in [0.29, 0.717) is 18.0 Å². The molecule has 1 aliphatic heterocycles. The minimum Gasteiger partial charge on any atom is -0.327 e. The van der Waals surface area contributed by atoms with Crippen LogP contribution in [0, 0.1) is 5.92 Å². The van der Waals surface area contributed by atoms with Gasteiger partial charge in [-0.2, -0.15) is 4.31 Å². The Labute approximate surface area is 131 Å². The van der Waals surface area contributed by atoms with Crippen molar-refractivity contribution in [2.24, 2.45) is 11.7 Å². The van der Waals surface area contributed by atoms with Gasteiger partial charge in [0.1, 0.15) is 0 Å². The molecular formula is C13H21ClN2O2S2. The fraction of sp³-hybridized carbons (Fsp3) is 0.538. The highest BCUT2D eigenvalue weighted by molar-refractivity contribution is 7.98. The Kier molecular flexibility index (Phi) is 6.34. The molecule has 0 radical (unpaired) electrons. The van der Waals surface area contributed by atoms with Gasteiger partial charge in [0.15, 0.2) is 0 Å². The third kappa shape index (κ3) is 3.68. The average molecular weight is 337 g/mol. The van der Waals surface area contributed by atoms with Gasteiger partial charge >= 0.3 is 0 Å². The van der Waals surface area contributed by atoms with Crippen LogP contribution < -0.4 is 5.73 Å². The second-order valence-electron chi connectivity index (χ2n) is 4.97. The van der Waals surface area contributed by atoms with Crippen LogP contribution in [0.5, 0.6) is 0 Å². The third-order valence-electron chi connectivity index (χ3n) is 3.61. The number of hydrogen-bond acceptors (Lipinski definition) is 4. The van der Waals surface area contributed by atoms with Crippen molar-refractivity contribution in [3.8, 4) is 0 Å². The van der Waals surface area contributed by atoms with Gasteiger partial charge in [-0.3, -0.25) is 0 Å². The number of halogens is 1. The zero-order chi connectivity index (χ0) is 14.0. The molecule has 0 saturated carbocycles. The summed E-state index contributed by atoms with van der Waals surface area (Å²) in [5, 5.41) is 0. The fourth-order valence-electron chi connectivity index (χ4n) is 2.25. The highest BCUT2D eigenvalue weighted by Gasteiger charge is 2.31. The maximum Gasteiger partial charge on any atom is 0.243 e. The van der Waals surface area contributed by atoms with Crippen LogP contribution in [0.3, 0.4) is 0 Å². The highest BCUT2D eigenvalue weighted by Crippen LogP contribution is 2.25.